The maximum Gasteiger partial charge on any atom is 0 e. The van der Waals surface area contributed by atoms with Gasteiger partial charge in [0.05, 0.1) is 12.5 Å². The van der Waals surface area contributed by atoms with Crippen LogP contribution in [0.1, 0.15) is 108 Å². The van der Waals surface area contributed by atoms with Gasteiger partial charge in [0.2, 0.25) is 5.91 Å². The van der Waals surface area contributed by atoms with Crippen LogP contribution in [0.2, 0.25) is 0 Å². The number of imidazole rings is 2. The van der Waals surface area contributed by atoms with Gasteiger partial charge >= 0.3 is 63.8 Å². The van der Waals surface area contributed by atoms with E-state index in [2.05, 4.69) is 57.0 Å². The van der Waals surface area contributed by atoms with E-state index in [1.807, 2.05) is 29.4 Å². The number of rotatable bonds is 31. The zero-order chi connectivity index (χ0) is 47.5. The summed E-state index contributed by atoms with van der Waals surface area (Å²) in [5.74, 6) is -4.20. The van der Waals surface area contributed by atoms with Crippen LogP contribution in [-0.4, -0.2) is 111 Å². The minimum Gasteiger partial charge on any atom is 0 e. The minimum atomic E-state index is -1.49. The van der Waals surface area contributed by atoms with Crippen molar-refractivity contribution in [1.29, 1.82) is 0 Å². The first-order chi connectivity index (χ1) is 29.7. The van der Waals surface area contributed by atoms with Crippen LogP contribution in [0.5, 0.6) is 0 Å². The number of hydrogen-bond donors (Lipinski definition) is 7. The molecule has 1 radical (unpaired) electrons. The molecule has 7 N–H and O–H groups in total. The molecule has 0 fully saturated rings. The van der Waals surface area contributed by atoms with Crippen LogP contribution >= 0.6 is 0 Å². The molecule has 349 valence electrons. The molecule has 2 aromatic heterocycles. The molecular weight excluding hydrogens is 1000 g/mol. The molecule has 2 heterocycles. The maximum absolute atomic E-state index is 12.6. The molecule has 63 heavy (non-hydrogen) atoms. The Labute approximate surface area is 379 Å². The second kappa shape index (κ2) is 38.2. The van der Waals surface area contributed by atoms with Crippen LogP contribution in [0.25, 0.3) is 0 Å². The van der Waals surface area contributed by atoms with Crippen molar-refractivity contribution in [2.24, 2.45) is 20.0 Å². The van der Waals surface area contributed by atoms with Gasteiger partial charge in [0.1, 0.15) is 23.7 Å². The number of aliphatic carboxylic acids is 4. The van der Waals surface area contributed by atoms with E-state index in [4.69, 9.17) is 24.2 Å². The quantitative estimate of drug-likeness (QED) is 0.0324. The Morgan fingerprint density at radius 1 is 0.714 bits per heavy atom. The number of Topliss-reactive ketones (excluding diaryl/α,β-unsaturated/α-hetero) is 1. The molecule has 0 aliphatic rings. The predicted octanol–water partition coefficient (Wildman–Crippen LogP) is 2.37. The Balaban J connectivity index is -0.00000492. The molecule has 0 aromatic carbocycles. The van der Waals surface area contributed by atoms with E-state index < -0.39 is 54.3 Å². The summed E-state index contributed by atoms with van der Waals surface area (Å²) in [6.45, 7) is 15.7. The Morgan fingerprint density at radius 2 is 1.29 bits per heavy atom. The normalized spacial score (nSPS) is 11.4. The SMILES string of the molecule is Cn1c[c-]nc1CN(CCCC[C@H](CC(=O)CCCCCCC(=O)NCCCCC(NC(=O)N[C@@H](CCC(=O)O)C(=O)O)C(=O)O)C(=O)O)Cc1nccn1C.[C-]#[O+].[C-]#[O+].[C-]#[O+].[Re]. The third-order valence-corrected chi connectivity index (χ3v) is 9.31. The molecule has 0 aliphatic heterocycles. The number of hydrogen-bond acceptors (Lipinski definition) is 10. The van der Waals surface area contributed by atoms with Gasteiger partial charge in [-0.25, -0.2) is 19.4 Å². The van der Waals surface area contributed by atoms with E-state index in [9.17, 15) is 43.8 Å². The average Bonchev–Trinajstić information content (AvgIpc) is 3.85. The van der Waals surface area contributed by atoms with E-state index >= 15 is 0 Å². The molecule has 1 unspecified atom stereocenters. The molecule has 0 bridgehead atoms. The molecule has 2 rings (SSSR count). The summed E-state index contributed by atoms with van der Waals surface area (Å²) in [5.41, 5.74) is 0. The van der Waals surface area contributed by atoms with Crippen molar-refractivity contribution in [3.63, 3.8) is 0 Å². The van der Waals surface area contributed by atoms with Crippen molar-refractivity contribution < 1.29 is 88.4 Å². The van der Waals surface area contributed by atoms with E-state index in [1.165, 1.54) is 0 Å². The van der Waals surface area contributed by atoms with Crippen molar-refractivity contribution in [3.8, 4) is 0 Å². The van der Waals surface area contributed by atoms with Gasteiger partial charge in [-0.3, -0.25) is 19.2 Å². The summed E-state index contributed by atoms with van der Waals surface area (Å²) in [6, 6.07) is -3.85. The maximum atomic E-state index is 12.6. The fourth-order valence-electron chi connectivity index (χ4n) is 5.96. The zero-order valence-electron chi connectivity index (χ0n) is 35.4. The number of aryl methyl sites for hydroxylation is 2. The third-order valence-electron chi connectivity index (χ3n) is 9.31. The van der Waals surface area contributed by atoms with Crippen molar-refractivity contribution >= 4 is 41.6 Å². The Hall–Kier alpha value is -5.45. The summed E-state index contributed by atoms with van der Waals surface area (Å²) in [7, 11) is 3.85. The number of unbranched alkanes of at least 4 members (excludes halogenated alkanes) is 5. The summed E-state index contributed by atoms with van der Waals surface area (Å²) >= 11 is 0. The largest absolute Gasteiger partial charge is 0 e. The number of ketones is 1. The zero-order valence-corrected chi connectivity index (χ0v) is 38.1. The summed E-state index contributed by atoms with van der Waals surface area (Å²) in [6.07, 6.45) is 13.2. The minimum absolute atomic E-state index is 0. The fraction of sp³-hybridized carbons (Fsp3) is 0.600. The molecule has 23 heteroatoms. The van der Waals surface area contributed by atoms with Crippen molar-refractivity contribution in [3.05, 3.63) is 56.4 Å². The number of carboxylic acid groups (broad SMARTS) is 4. The van der Waals surface area contributed by atoms with E-state index in [0.717, 1.165) is 30.9 Å². The number of aromatic nitrogens is 4. The smallest absolute Gasteiger partial charge is 0 e. The van der Waals surface area contributed by atoms with Crippen LogP contribution in [0.3, 0.4) is 0 Å². The number of carbonyl (C=O) groups is 7. The van der Waals surface area contributed by atoms with Gasteiger partial charge in [-0.05, 0) is 77.3 Å². The summed E-state index contributed by atoms with van der Waals surface area (Å²) < 4.78 is 26.4. The monoisotopic (exact) mass is 1060 g/mol. The molecule has 0 aliphatic carbocycles. The number of carboxylic acids is 4. The van der Waals surface area contributed by atoms with E-state index in [-0.39, 0.29) is 64.2 Å². The molecular formula is C40H57N8O14Re-. The van der Waals surface area contributed by atoms with E-state index in [0.29, 0.717) is 64.7 Å². The molecule has 3 atom stereocenters. The Bertz CT molecular complexity index is 1670. The number of nitrogens with zero attached hydrogens (tertiary/aromatic N) is 5. The average molecular weight is 1060 g/mol. The first-order valence-corrected chi connectivity index (χ1v) is 19.6. The van der Waals surface area contributed by atoms with Crippen LogP contribution in [0.4, 0.5) is 4.79 Å². The van der Waals surface area contributed by atoms with Crippen molar-refractivity contribution in [2.75, 3.05) is 13.1 Å². The predicted molar refractivity (Wildman–Crippen MR) is 212 cm³/mol. The molecule has 22 nitrogen and oxygen atoms in total. The van der Waals surface area contributed by atoms with Gasteiger partial charge < -0.3 is 55.4 Å². The van der Waals surface area contributed by atoms with Crippen LogP contribution in [0.15, 0.2) is 18.6 Å². The second-order valence-corrected chi connectivity index (χ2v) is 13.9. The first kappa shape index (κ1) is 61.8. The molecule has 2 aromatic rings. The molecule has 0 spiro atoms. The molecule has 3 amide bonds. The van der Waals surface area contributed by atoms with Gasteiger partial charge in [-0.15, -0.1) is 6.20 Å². The van der Waals surface area contributed by atoms with Crippen molar-refractivity contribution in [2.45, 2.75) is 121 Å². The number of carbonyl (C=O) groups excluding carboxylic acids is 3. The standard InChI is InChI=1S/C37H57N8O11.3CO.Re/c1-43-21-18-38-30(43)24-45(25-31-39-19-22-44(31)2)20-10-8-11-26(34(50)51)23-27(46)12-5-3-4-6-14-32(47)40-17-9-7-13-28(35(52)53)41-37(56)42-29(36(54)55)15-16-33(48)49;3*1-2;/h18,21-22,26,28-29H,3-17,20,23-25H2,1-2H3,(H,40,47)(H,48,49)(H,50,51)(H,52,53)(H,54,55)(H2,41,42,56);;;;/q-1;;;;/t26-,28?,29+;;;;/m1..../s1. The van der Waals surface area contributed by atoms with Crippen LogP contribution in [-0.2, 0) is 90.3 Å². The van der Waals surface area contributed by atoms with Gasteiger partial charge in [0, 0.05) is 72.1 Å². The molecule has 0 saturated carbocycles. The molecule has 0 saturated heterocycles. The second-order valence-electron chi connectivity index (χ2n) is 13.9. The Morgan fingerprint density at radius 3 is 1.81 bits per heavy atom. The number of amides is 3. The van der Waals surface area contributed by atoms with Gasteiger partial charge in [0.25, 0.3) is 0 Å². The van der Waals surface area contributed by atoms with Gasteiger partial charge in [-0.1, -0.05) is 25.5 Å². The summed E-state index contributed by atoms with van der Waals surface area (Å²) in [5, 5.41) is 44.1. The Kier molecular flexibility index (Phi) is 37.5. The number of nitrogens with one attached hydrogen (secondary N) is 3. The number of urea groups is 1. The van der Waals surface area contributed by atoms with Crippen molar-refractivity contribution in [1.82, 2.24) is 40.0 Å². The third kappa shape index (κ3) is 29.5. The van der Waals surface area contributed by atoms with Gasteiger partial charge in [-0.2, -0.15) is 0 Å². The summed E-state index contributed by atoms with van der Waals surface area (Å²) in [4.78, 5) is 93.3. The topological polar surface area (TPSA) is 335 Å². The fourth-order valence-corrected chi connectivity index (χ4v) is 5.96. The van der Waals surface area contributed by atoms with Crippen LogP contribution < -0.4 is 16.0 Å². The van der Waals surface area contributed by atoms with Crippen LogP contribution in [0, 0.1) is 32.1 Å². The van der Waals surface area contributed by atoms with E-state index in [1.54, 1.807) is 12.4 Å². The van der Waals surface area contributed by atoms with Gasteiger partial charge in [0.15, 0.2) is 0 Å². The first-order valence-electron chi connectivity index (χ1n) is 19.6.